The molecular formula is C12H13F3N4S. The van der Waals surface area contributed by atoms with E-state index < -0.39 is 17.2 Å². The lowest BCUT2D eigenvalue weighted by atomic mass is 10.0. The normalized spacial score (nSPS) is 13.5. The third-order valence-corrected chi connectivity index (χ3v) is 3.89. The molecule has 0 spiro atoms. The molecule has 0 radical (unpaired) electrons. The van der Waals surface area contributed by atoms with Crippen molar-refractivity contribution in [2.24, 2.45) is 5.73 Å². The Kier molecular flexibility index (Phi) is 4.05. The number of hydrogen-bond donors (Lipinski definition) is 1. The van der Waals surface area contributed by atoms with Crippen molar-refractivity contribution in [1.82, 2.24) is 15.2 Å². The summed E-state index contributed by atoms with van der Waals surface area (Å²) in [7, 11) is 0. The van der Waals surface area contributed by atoms with E-state index >= 15 is 0 Å². The molecule has 4 nitrogen and oxygen atoms in total. The van der Waals surface area contributed by atoms with Gasteiger partial charge < -0.3 is 5.73 Å². The van der Waals surface area contributed by atoms with Crippen molar-refractivity contribution in [2.45, 2.75) is 32.5 Å². The van der Waals surface area contributed by atoms with Crippen LogP contribution in [0.2, 0.25) is 0 Å². The van der Waals surface area contributed by atoms with Gasteiger partial charge in [0.2, 0.25) is 0 Å². The zero-order valence-electron chi connectivity index (χ0n) is 10.9. The van der Waals surface area contributed by atoms with E-state index in [1.54, 1.807) is 13.0 Å². The summed E-state index contributed by atoms with van der Waals surface area (Å²) in [6, 6.07) is 1.08. The molecule has 108 valence electrons. The number of halogens is 3. The highest BCUT2D eigenvalue weighted by atomic mass is 32.1. The number of hydrogen-bond acceptors (Lipinski definition) is 5. The molecule has 0 aromatic carbocycles. The fraction of sp³-hybridized carbons (Fsp3) is 0.417. The number of rotatable bonds is 3. The van der Waals surface area contributed by atoms with E-state index in [4.69, 9.17) is 5.73 Å². The third kappa shape index (κ3) is 2.96. The van der Waals surface area contributed by atoms with Gasteiger partial charge in [-0.2, -0.15) is 23.4 Å². The summed E-state index contributed by atoms with van der Waals surface area (Å²) in [5, 5.41) is 7.08. The monoisotopic (exact) mass is 302 g/mol. The molecule has 1 unspecified atom stereocenters. The van der Waals surface area contributed by atoms with Gasteiger partial charge in [-0.1, -0.05) is 6.92 Å². The van der Waals surface area contributed by atoms with Gasteiger partial charge >= 0.3 is 6.18 Å². The predicted octanol–water partition coefficient (Wildman–Crippen LogP) is 2.87. The van der Waals surface area contributed by atoms with Gasteiger partial charge in [0.15, 0.2) is 5.01 Å². The first-order valence-corrected chi connectivity index (χ1v) is 6.76. The largest absolute Gasteiger partial charge is 0.443 e. The summed E-state index contributed by atoms with van der Waals surface area (Å²) in [5.74, 6) is 0. The Morgan fingerprint density at radius 3 is 2.60 bits per heavy atom. The average Bonchev–Trinajstić information content (AvgIpc) is 2.87. The molecule has 0 bridgehead atoms. The molecule has 0 saturated carbocycles. The van der Waals surface area contributed by atoms with Crippen LogP contribution in [-0.2, 0) is 12.6 Å². The van der Waals surface area contributed by atoms with Crippen molar-refractivity contribution < 1.29 is 13.2 Å². The maximum atomic E-state index is 12.6. The van der Waals surface area contributed by atoms with E-state index in [2.05, 4.69) is 15.2 Å². The molecule has 2 rings (SSSR count). The van der Waals surface area contributed by atoms with Crippen LogP contribution in [-0.4, -0.2) is 15.2 Å². The van der Waals surface area contributed by atoms with Gasteiger partial charge in [-0.15, -0.1) is 11.3 Å². The van der Waals surface area contributed by atoms with Crippen LogP contribution in [0.4, 0.5) is 13.2 Å². The standard InChI is InChI=1S/C12H13F3N4S/c1-3-8-7(4-6(2)18-19-8)10(16)9-5-17-11(20-9)12(13,14)15/h4-5,10H,3,16H2,1-2H3. The van der Waals surface area contributed by atoms with Gasteiger partial charge in [0.1, 0.15) is 0 Å². The SMILES string of the molecule is CCc1nnc(C)cc1C(N)c1cnc(C(F)(F)F)s1. The highest BCUT2D eigenvalue weighted by Crippen LogP contribution is 2.35. The van der Waals surface area contributed by atoms with Crippen LogP contribution in [0.25, 0.3) is 0 Å². The Hall–Kier alpha value is -1.54. The summed E-state index contributed by atoms with van der Waals surface area (Å²) < 4.78 is 37.7. The number of nitrogens with zero attached hydrogens (tertiary/aromatic N) is 3. The maximum absolute atomic E-state index is 12.6. The average molecular weight is 302 g/mol. The van der Waals surface area contributed by atoms with E-state index in [1.807, 2.05) is 6.92 Å². The minimum Gasteiger partial charge on any atom is -0.320 e. The van der Waals surface area contributed by atoms with Crippen LogP contribution < -0.4 is 5.73 Å². The second kappa shape index (κ2) is 5.45. The maximum Gasteiger partial charge on any atom is 0.443 e. The lowest BCUT2D eigenvalue weighted by Crippen LogP contribution is -2.15. The Morgan fingerprint density at radius 2 is 2.05 bits per heavy atom. The van der Waals surface area contributed by atoms with Gasteiger partial charge in [-0.25, -0.2) is 4.98 Å². The molecule has 2 aromatic rings. The van der Waals surface area contributed by atoms with Crippen molar-refractivity contribution in [3.8, 4) is 0 Å². The molecule has 0 aliphatic rings. The number of thiazole rings is 1. The number of alkyl halides is 3. The van der Waals surface area contributed by atoms with E-state index in [0.29, 0.717) is 39.6 Å². The molecule has 2 N–H and O–H groups in total. The minimum atomic E-state index is -4.44. The first kappa shape index (κ1) is 14.9. The van der Waals surface area contributed by atoms with Gasteiger partial charge in [0.05, 0.1) is 17.4 Å². The van der Waals surface area contributed by atoms with Crippen LogP contribution in [0.15, 0.2) is 12.3 Å². The smallest absolute Gasteiger partial charge is 0.320 e. The van der Waals surface area contributed by atoms with Crippen LogP contribution in [0.5, 0.6) is 0 Å². The molecule has 20 heavy (non-hydrogen) atoms. The quantitative estimate of drug-likeness (QED) is 0.947. The Morgan fingerprint density at radius 1 is 1.35 bits per heavy atom. The van der Waals surface area contributed by atoms with Crippen LogP contribution in [0.3, 0.4) is 0 Å². The molecule has 0 amide bonds. The number of aryl methyl sites for hydroxylation is 2. The molecule has 0 aliphatic heterocycles. The van der Waals surface area contributed by atoms with Crippen LogP contribution in [0.1, 0.15) is 39.8 Å². The summed E-state index contributed by atoms with van der Waals surface area (Å²) in [5.41, 5.74) is 8.11. The van der Waals surface area contributed by atoms with Gasteiger partial charge in [-0.05, 0) is 25.0 Å². The minimum absolute atomic E-state index is 0.361. The van der Waals surface area contributed by atoms with E-state index in [9.17, 15) is 13.2 Å². The highest BCUT2D eigenvalue weighted by molar-refractivity contribution is 7.11. The molecule has 0 fully saturated rings. The molecule has 2 heterocycles. The van der Waals surface area contributed by atoms with Crippen molar-refractivity contribution in [2.75, 3.05) is 0 Å². The van der Waals surface area contributed by atoms with E-state index in [-0.39, 0.29) is 0 Å². The molecular weight excluding hydrogens is 289 g/mol. The first-order chi connectivity index (χ1) is 9.32. The molecule has 0 saturated heterocycles. The van der Waals surface area contributed by atoms with E-state index in [0.717, 1.165) is 0 Å². The topological polar surface area (TPSA) is 64.7 Å². The zero-order valence-corrected chi connectivity index (χ0v) is 11.7. The lowest BCUT2D eigenvalue weighted by Gasteiger charge is -2.13. The summed E-state index contributed by atoms with van der Waals surface area (Å²) in [4.78, 5) is 3.75. The summed E-state index contributed by atoms with van der Waals surface area (Å²) in [6.45, 7) is 3.65. The van der Waals surface area contributed by atoms with Gasteiger partial charge in [0, 0.05) is 11.1 Å². The number of nitrogens with two attached hydrogens (primary N) is 1. The zero-order chi connectivity index (χ0) is 14.9. The molecule has 1 atom stereocenters. The molecule has 2 aromatic heterocycles. The van der Waals surface area contributed by atoms with Crippen molar-refractivity contribution in [3.63, 3.8) is 0 Å². The van der Waals surface area contributed by atoms with Crippen LogP contribution >= 0.6 is 11.3 Å². The Balaban J connectivity index is 2.38. The van der Waals surface area contributed by atoms with Gasteiger partial charge in [-0.3, -0.25) is 0 Å². The number of aromatic nitrogens is 3. The third-order valence-electron chi connectivity index (χ3n) is 2.77. The Bertz CT molecular complexity index is 609. The summed E-state index contributed by atoms with van der Waals surface area (Å²) >= 11 is 0.559. The summed E-state index contributed by atoms with van der Waals surface area (Å²) in [6.07, 6.45) is -2.66. The van der Waals surface area contributed by atoms with Crippen LogP contribution in [0, 0.1) is 6.92 Å². The predicted molar refractivity (Wildman–Crippen MR) is 69.3 cm³/mol. The Labute approximate surface area is 117 Å². The van der Waals surface area contributed by atoms with Gasteiger partial charge in [0.25, 0.3) is 0 Å². The van der Waals surface area contributed by atoms with Crippen molar-refractivity contribution in [1.29, 1.82) is 0 Å². The highest BCUT2D eigenvalue weighted by Gasteiger charge is 2.35. The fourth-order valence-corrected chi connectivity index (χ4v) is 2.60. The fourth-order valence-electron chi connectivity index (χ4n) is 1.79. The lowest BCUT2D eigenvalue weighted by molar-refractivity contribution is -0.137. The van der Waals surface area contributed by atoms with Crippen molar-refractivity contribution >= 4 is 11.3 Å². The van der Waals surface area contributed by atoms with E-state index in [1.165, 1.54) is 6.20 Å². The first-order valence-electron chi connectivity index (χ1n) is 5.94. The van der Waals surface area contributed by atoms with Crippen molar-refractivity contribution in [3.05, 3.63) is 39.1 Å². The molecule has 0 aliphatic carbocycles. The second-order valence-corrected chi connectivity index (χ2v) is 5.35. The second-order valence-electron chi connectivity index (χ2n) is 4.28. The molecule has 8 heteroatoms.